The van der Waals surface area contributed by atoms with Crippen LogP contribution in [0.5, 0.6) is 0 Å². The van der Waals surface area contributed by atoms with Crippen LogP contribution in [0.15, 0.2) is 6.07 Å². The molecular formula is C11H16F3N3O2S. The fraction of sp³-hybridized carbons (Fsp3) is 0.727. The standard InChI is InChI=1S/C11H16F3N3O2S/c1-8-5-9(2)17(15-8)10-6-16(7-10)3-4-20(18,19)11(12,13)14/h5,10H,3-4,6-7H2,1-2H3. The van der Waals surface area contributed by atoms with E-state index in [1.54, 1.807) is 4.90 Å². The second-order valence-electron chi connectivity index (χ2n) is 5.05. The van der Waals surface area contributed by atoms with Gasteiger partial charge in [0.1, 0.15) is 0 Å². The molecule has 5 nitrogen and oxygen atoms in total. The maximum atomic E-state index is 12.2. The van der Waals surface area contributed by atoms with Crippen LogP contribution in [0.25, 0.3) is 0 Å². The van der Waals surface area contributed by atoms with Gasteiger partial charge in [-0.1, -0.05) is 0 Å². The third-order valence-corrected chi connectivity index (χ3v) is 4.78. The Bertz CT molecular complexity index is 589. The summed E-state index contributed by atoms with van der Waals surface area (Å²) >= 11 is 0. The number of aromatic nitrogens is 2. The number of hydrogen-bond donors (Lipinski definition) is 0. The minimum absolute atomic E-state index is 0.0996. The Labute approximate surface area is 115 Å². The van der Waals surface area contributed by atoms with E-state index in [1.165, 1.54) is 0 Å². The molecule has 0 bridgehead atoms. The highest BCUT2D eigenvalue weighted by Gasteiger charge is 2.45. The zero-order chi connectivity index (χ0) is 15.1. The van der Waals surface area contributed by atoms with Crippen LogP contribution < -0.4 is 0 Å². The molecule has 0 N–H and O–H groups in total. The first-order valence-electron chi connectivity index (χ1n) is 6.14. The van der Waals surface area contributed by atoms with Crippen LogP contribution in [0, 0.1) is 13.8 Å². The van der Waals surface area contributed by atoms with Crippen LogP contribution >= 0.6 is 0 Å². The van der Waals surface area contributed by atoms with Gasteiger partial charge in [0.25, 0.3) is 0 Å². The summed E-state index contributed by atoms with van der Waals surface area (Å²) in [5, 5.41) is 4.31. The number of aryl methyl sites for hydroxylation is 2. The van der Waals surface area contributed by atoms with Gasteiger partial charge < -0.3 is 0 Å². The third kappa shape index (κ3) is 2.98. The van der Waals surface area contributed by atoms with Crippen molar-refractivity contribution in [2.45, 2.75) is 25.4 Å². The Morgan fingerprint density at radius 3 is 2.40 bits per heavy atom. The van der Waals surface area contributed by atoms with E-state index in [1.807, 2.05) is 24.6 Å². The highest BCUT2D eigenvalue weighted by Crippen LogP contribution is 2.26. The van der Waals surface area contributed by atoms with Gasteiger partial charge in [-0.2, -0.15) is 18.3 Å². The molecule has 1 fully saturated rings. The molecule has 1 saturated heterocycles. The molecule has 0 unspecified atom stereocenters. The predicted molar refractivity (Wildman–Crippen MR) is 67.0 cm³/mol. The van der Waals surface area contributed by atoms with Gasteiger partial charge in [0.05, 0.1) is 17.5 Å². The van der Waals surface area contributed by atoms with E-state index < -0.39 is 21.1 Å². The first-order chi connectivity index (χ1) is 9.10. The number of alkyl halides is 3. The van der Waals surface area contributed by atoms with Gasteiger partial charge >= 0.3 is 5.51 Å². The Morgan fingerprint density at radius 2 is 1.95 bits per heavy atom. The summed E-state index contributed by atoms with van der Waals surface area (Å²) in [7, 11) is -5.02. The lowest BCUT2D eigenvalue weighted by Gasteiger charge is -2.39. The maximum absolute atomic E-state index is 12.2. The second-order valence-corrected chi connectivity index (χ2v) is 7.15. The van der Waals surface area contributed by atoms with Crippen LogP contribution in [0.2, 0.25) is 0 Å². The molecule has 1 aromatic heterocycles. The SMILES string of the molecule is Cc1cc(C)n(C2CN(CCS(=O)(=O)C(F)(F)F)C2)n1. The molecule has 0 aromatic carbocycles. The van der Waals surface area contributed by atoms with Crippen LogP contribution in [0.1, 0.15) is 17.4 Å². The van der Waals surface area contributed by atoms with Crippen molar-refractivity contribution in [2.24, 2.45) is 0 Å². The molecule has 2 heterocycles. The zero-order valence-corrected chi connectivity index (χ0v) is 12.0. The second kappa shape index (κ2) is 5.03. The molecule has 1 aliphatic heterocycles. The molecule has 114 valence electrons. The van der Waals surface area contributed by atoms with Crippen molar-refractivity contribution in [1.82, 2.24) is 14.7 Å². The smallest absolute Gasteiger partial charge is 0.298 e. The van der Waals surface area contributed by atoms with Gasteiger partial charge in [-0.05, 0) is 19.9 Å². The number of halogens is 3. The summed E-state index contributed by atoms with van der Waals surface area (Å²) < 4.78 is 60.3. The van der Waals surface area contributed by atoms with Crippen molar-refractivity contribution in [3.05, 3.63) is 17.5 Å². The highest BCUT2D eigenvalue weighted by molar-refractivity contribution is 7.92. The fourth-order valence-corrected chi connectivity index (χ4v) is 2.99. The summed E-state index contributed by atoms with van der Waals surface area (Å²) in [5.74, 6) is -0.889. The largest absolute Gasteiger partial charge is 0.497 e. The van der Waals surface area contributed by atoms with Gasteiger partial charge in [-0.15, -0.1) is 0 Å². The summed E-state index contributed by atoms with van der Waals surface area (Å²) in [4.78, 5) is 1.68. The molecule has 2 rings (SSSR count). The molecule has 20 heavy (non-hydrogen) atoms. The number of sulfone groups is 1. The zero-order valence-electron chi connectivity index (χ0n) is 11.2. The van der Waals surface area contributed by atoms with Gasteiger partial charge in [0, 0.05) is 25.3 Å². The van der Waals surface area contributed by atoms with E-state index in [2.05, 4.69) is 5.10 Å². The Hall–Kier alpha value is -1.09. The molecule has 1 aromatic rings. The first-order valence-corrected chi connectivity index (χ1v) is 7.79. The van der Waals surface area contributed by atoms with Gasteiger partial charge in [-0.3, -0.25) is 9.58 Å². The lowest BCUT2D eigenvalue weighted by molar-refractivity contribution is -0.0438. The first kappa shape index (κ1) is 15.3. The van der Waals surface area contributed by atoms with Crippen LogP contribution in [0.4, 0.5) is 13.2 Å². The summed E-state index contributed by atoms with van der Waals surface area (Å²) in [6.07, 6.45) is 0. The molecular weight excluding hydrogens is 295 g/mol. The minimum atomic E-state index is -5.16. The van der Waals surface area contributed by atoms with E-state index in [-0.39, 0.29) is 12.6 Å². The van der Waals surface area contributed by atoms with Crippen LogP contribution in [-0.4, -0.2) is 54.0 Å². The summed E-state index contributed by atoms with van der Waals surface area (Å²) in [6, 6.07) is 2.04. The van der Waals surface area contributed by atoms with Crippen molar-refractivity contribution in [1.29, 1.82) is 0 Å². The van der Waals surface area contributed by atoms with Crippen LogP contribution in [0.3, 0.4) is 0 Å². The molecule has 1 aliphatic rings. The predicted octanol–water partition coefficient (Wildman–Crippen LogP) is 1.29. The average Bonchev–Trinajstić information content (AvgIpc) is 2.53. The van der Waals surface area contributed by atoms with E-state index >= 15 is 0 Å². The Kier molecular flexibility index (Phi) is 3.85. The minimum Gasteiger partial charge on any atom is -0.298 e. The van der Waals surface area contributed by atoms with Crippen molar-refractivity contribution < 1.29 is 21.6 Å². The molecule has 0 atom stereocenters. The molecule has 0 aliphatic carbocycles. The normalized spacial score (nSPS) is 18.2. The summed E-state index contributed by atoms with van der Waals surface area (Å²) in [6.45, 7) is 4.73. The fourth-order valence-electron chi connectivity index (χ4n) is 2.26. The van der Waals surface area contributed by atoms with Crippen molar-refractivity contribution in [3.63, 3.8) is 0 Å². The topological polar surface area (TPSA) is 55.2 Å². The van der Waals surface area contributed by atoms with E-state index in [0.717, 1.165) is 11.4 Å². The molecule has 0 saturated carbocycles. The third-order valence-electron chi connectivity index (χ3n) is 3.36. The molecule has 0 amide bonds. The Balaban J connectivity index is 1.85. The van der Waals surface area contributed by atoms with Crippen molar-refractivity contribution in [3.8, 4) is 0 Å². The lowest BCUT2D eigenvalue weighted by atomic mass is 10.1. The van der Waals surface area contributed by atoms with Crippen molar-refractivity contribution in [2.75, 3.05) is 25.4 Å². The molecule has 0 radical (unpaired) electrons. The quantitative estimate of drug-likeness (QED) is 0.841. The number of rotatable bonds is 4. The number of nitrogens with zero attached hydrogens (tertiary/aromatic N) is 3. The van der Waals surface area contributed by atoms with Crippen LogP contribution in [-0.2, 0) is 9.84 Å². The van der Waals surface area contributed by atoms with Crippen molar-refractivity contribution >= 4 is 9.84 Å². The van der Waals surface area contributed by atoms with Gasteiger partial charge in [-0.25, -0.2) is 8.42 Å². The molecule has 9 heteroatoms. The van der Waals surface area contributed by atoms with E-state index in [9.17, 15) is 21.6 Å². The Morgan fingerprint density at radius 1 is 1.35 bits per heavy atom. The highest BCUT2D eigenvalue weighted by atomic mass is 32.2. The average molecular weight is 311 g/mol. The van der Waals surface area contributed by atoms with E-state index in [0.29, 0.717) is 13.1 Å². The molecule has 0 spiro atoms. The lowest BCUT2D eigenvalue weighted by Crippen LogP contribution is -2.50. The van der Waals surface area contributed by atoms with Gasteiger partial charge in [0.15, 0.2) is 0 Å². The number of hydrogen-bond acceptors (Lipinski definition) is 4. The number of likely N-dealkylation sites (tertiary alicyclic amines) is 1. The van der Waals surface area contributed by atoms with E-state index in [4.69, 9.17) is 0 Å². The maximum Gasteiger partial charge on any atom is 0.497 e. The van der Waals surface area contributed by atoms with Gasteiger partial charge in [0.2, 0.25) is 9.84 Å². The summed E-state index contributed by atoms with van der Waals surface area (Å²) in [5.41, 5.74) is -3.27. The monoisotopic (exact) mass is 311 g/mol.